The van der Waals surface area contributed by atoms with Crippen LogP contribution in [-0.2, 0) is 0 Å². The Kier molecular flexibility index (Phi) is 4.92. The molecule has 0 saturated carbocycles. The van der Waals surface area contributed by atoms with E-state index in [0.29, 0.717) is 27.4 Å². The van der Waals surface area contributed by atoms with Crippen molar-refractivity contribution in [2.75, 3.05) is 7.11 Å². The summed E-state index contributed by atoms with van der Waals surface area (Å²) in [6.45, 7) is 14.1. The van der Waals surface area contributed by atoms with E-state index in [1.165, 1.54) is 0 Å². The summed E-state index contributed by atoms with van der Waals surface area (Å²) in [5.41, 5.74) is 2.84. The molecule has 0 aliphatic heterocycles. The van der Waals surface area contributed by atoms with Crippen molar-refractivity contribution in [2.45, 2.75) is 58.2 Å². The average molecular weight is 339 g/mol. The van der Waals surface area contributed by atoms with Gasteiger partial charge in [0, 0.05) is 5.39 Å². The molecule has 0 N–H and O–H groups in total. The molecule has 2 rings (SSSR count). The third-order valence-electron chi connectivity index (χ3n) is 5.03. The maximum absolute atomic E-state index is 6.48. The zero-order valence-electron chi connectivity index (χ0n) is 14.6. The fraction of sp³-hybridized carbons (Fsp3) is 0.588. The molecule has 2 heterocycles. The zero-order valence-corrected chi connectivity index (χ0v) is 16.4. The molecule has 0 spiro atoms. The van der Waals surface area contributed by atoms with Gasteiger partial charge in [-0.1, -0.05) is 53.1 Å². The Morgan fingerprint density at radius 2 is 1.64 bits per heavy atom. The van der Waals surface area contributed by atoms with Crippen molar-refractivity contribution in [3.63, 3.8) is 0 Å². The van der Waals surface area contributed by atoms with Crippen LogP contribution in [0.4, 0.5) is 0 Å². The van der Waals surface area contributed by atoms with Gasteiger partial charge in [-0.25, -0.2) is 4.98 Å². The molecule has 0 atom stereocenters. The summed E-state index contributed by atoms with van der Waals surface area (Å²) in [4.78, 5) is 4.67. The van der Waals surface area contributed by atoms with Crippen LogP contribution in [0.1, 0.15) is 41.5 Å². The highest BCUT2D eigenvalue weighted by Crippen LogP contribution is 2.45. The second-order valence-corrected chi connectivity index (χ2v) is 13.0. The van der Waals surface area contributed by atoms with Crippen molar-refractivity contribution in [1.29, 1.82) is 0 Å². The molecule has 0 amide bonds. The van der Waals surface area contributed by atoms with Gasteiger partial charge in [0.2, 0.25) is 0 Å². The number of rotatable bonds is 5. The van der Waals surface area contributed by atoms with E-state index in [1.54, 1.807) is 13.3 Å². The van der Waals surface area contributed by atoms with Gasteiger partial charge < -0.3 is 8.97 Å². The minimum absolute atomic E-state index is 0.616. The molecule has 0 aliphatic carbocycles. The lowest BCUT2D eigenvalue weighted by atomic mass is 10.3. The third-order valence-corrected chi connectivity index (χ3v) is 12.2. The molecule has 0 bridgehead atoms. The van der Waals surface area contributed by atoms with Gasteiger partial charge in [-0.2, -0.15) is 0 Å². The number of ether oxygens (including phenoxy) is 1. The second kappa shape index (κ2) is 6.24. The average Bonchev–Trinajstić information content (AvgIpc) is 2.84. The van der Waals surface area contributed by atoms with Crippen molar-refractivity contribution >= 4 is 30.9 Å². The van der Waals surface area contributed by atoms with Gasteiger partial charge in [0.15, 0.2) is 14.0 Å². The number of hydrogen-bond acceptors (Lipinski definition) is 2. The van der Waals surface area contributed by atoms with Crippen LogP contribution in [0.15, 0.2) is 18.5 Å². The first-order valence-electron chi connectivity index (χ1n) is 7.98. The van der Waals surface area contributed by atoms with Crippen molar-refractivity contribution in [3.8, 4) is 5.75 Å². The lowest BCUT2D eigenvalue weighted by molar-refractivity contribution is 0.414. The SMILES string of the molecule is COc1cnc2c(ccn2[Si](C(C)C)(C(C)C)C(C)C)c1Cl. The smallest absolute Gasteiger partial charge is 0.171 e. The Bertz CT molecular complexity index is 642. The van der Waals surface area contributed by atoms with E-state index in [-0.39, 0.29) is 0 Å². The molecular formula is C17H27ClN2OSi. The molecule has 22 heavy (non-hydrogen) atoms. The maximum Gasteiger partial charge on any atom is 0.171 e. The first-order valence-corrected chi connectivity index (χ1v) is 10.5. The monoisotopic (exact) mass is 338 g/mol. The summed E-state index contributed by atoms with van der Waals surface area (Å²) in [5, 5.41) is 1.64. The summed E-state index contributed by atoms with van der Waals surface area (Å²) in [5.74, 6) is 0.637. The minimum atomic E-state index is -1.81. The Hall–Kier alpha value is -1.00. The topological polar surface area (TPSA) is 27.1 Å². The van der Waals surface area contributed by atoms with E-state index in [4.69, 9.17) is 16.3 Å². The summed E-state index contributed by atoms with van der Waals surface area (Å²) in [6.07, 6.45) is 3.93. The first-order chi connectivity index (χ1) is 10.3. The molecule has 3 nitrogen and oxygen atoms in total. The molecule has 0 radical (unpaired) electrons. The summed E-state index contributed by atoms with van der Waals surface area (Å²) >= 11 is 6.48. The Morgan fingerprint density at radius 1 is 1.09 bits per heavy atom. The van der Waals surface area contributed by atoms with E-state index < -0.39 is 8.24 Å². The van der Waals surface area contributed by atoms with Gasteiger partial charge in [0.05, 0.1) is 18.3 Å². The van der Waals surface area contributed by atoms with E-state index >= 15 is 0 Å². The van der Waals surface area contributed by atoms with Crippen LogP contribution in [0.5, 0.6) is 5.75 Å². The lowest BCUT2D eigenvalue weighted by Crippen LogP contribution is -2.51. The first kappa shape index (κ1) is 17.4. The maximum atomic E-state index is 6.48. The van der Waals surface area contributed by atoms with Crippen molar-refractivity contribution in [1.82, 2.24) is 9.22 Å². The molecular weight excluding hydrogens is 312 g/mol. The number of nitrogens with zero attached hydrogens (tertiary/aromatic N) is 2. The van der Waals surface area contributed by atoms with Crippen LogP contribution in [0, 0.1) is 0 Å². The number of hydrogen-bond donors (Lipinski definition) is 0. The van der Waals surface area contributed by atoms with E-state index in [9.17, 15) is 0 Å². The molecule has 2 aromatic rings. The fourth-order valence-corrected chi connectivity index (χ4v) is 11.1. The van der Waals surface area contributed by atoms with Gasteiger partial charge in [0.25, 0.3) is 0 Å². The van der Waals surface area contributed by atoms with Gasteiger partial charge in [-0.3, -0.25) is 0 Å². The fourth-order valence-electron chi connectivity index (χ4n) is 4.33. The van der Waals surface area contributed by atoms with E-state index in [2.05, 4.69) is 63.0 Å². The molecule has 0 fully saturated rings. The van der Waals surface area contributed by atoms with Crippen LogP contribution in [0.3, 0.4) is 0 Å². The highest BCUT2D eigenvalue weighted by Gasteiger charge is 2.46. The van der Waals surface area contributed by atoms with Gasteiger partial charge in [-0.05, 0) is 28.9 Å². The second-order valence-electron chi connectivity index (χ2n) is 6.91. The zero-order chi connectivity index (χ0) is 16.7. The van der Waals surface area contributed by atoms with Crippen LogP contribution in [0.25, 0.3) is 11.0 Å². The van der Waals surface area contributed by atoms with Crippen LogP contribution in [-0.4, -0.2) is 24.6 Å². The van der Waals surface area contributed by atoms with Crippen molar-refractivity contribution < 1.29 is 4.74 Å². The highest BCUT2D eigenvalue weighted by atomic mass is 35.5. The number of halogens is 1. The summed E-state index contributed by atoms with van der Waals surface area (Å²) in [6, 6.07) is 2.09. The van der Waals surface area contributed by atoms with Gasteiger partial charge in [0.1, 0.15) is 5.65 Å². The molecule has 5 heteroatoms. The van der Waals surface area contributed by atoms with Crippen molar-refractivity contribution in [2.24, 2.45) is 0 Å². The Balaban J connectivity index is 2.79. The van der Waals surface area contributed by atoms with Gasteiger partial charge >= 0.3 is 0 Å². The number of pyridine rings is 1. The quantitative estimate of drug-likeness (QED) is 0.652. The largest absolute Gasteiger partial charge is 0.494 e. The number of methoxy groups -OCH3 is 1. The molecule has 0 aliphatic rings. The standard InChI is InChI=1S/C17H27ClN2OSi/c1-11(2)22(12(3)4,13(5)6)20-9-8-14-16(18)15(21-7)10-19-17(14)20/h8-13H,1-7H3. The number of fused-ring (bicyclic) bond motifs is 1. The summed E-state index contributed by atoms with van der Waals surface area (Å²) in [7, 11) is -0.186. The van der Waals surface area contributed by atoms with E-state index in [1.807, 2.05) is 0 Å². The summed E-state index contributed by atoms with van der Waals surface area (Å²) < 4.78 is 7.76. The third kappa shape index (κ3) is 2.37. The molecule has 0 aromatic carbocycles. The van der Waals surface area contributed by atoms with Gasteiger partial charge in [-0.15, -0.1) is 0 Å². The Labute approximate surface area is 139 Å². The lowest BCUT2D eigenvalue weighted by Gasteiger charge is -2.44. The molecule has 122 valence electrons. The molecule has 2 aromatic heterocycles. The predicted molar refractivity (Wildman–Crippen MR) is 97.7 cm³/mol. The normalized spacial score (nSPS) is 12.9. The molecule has 0 saturated heterocycles. The van der Waals surface area contributed by atoms with Crippen molar-refractivity contribution in [3.05, 3.63) is 23.5 Å². The van der Waals surface area contributed by atoms with Crippen LogP contribution >= 0.6 is 11.6 Å². The highest BCUT2D eigenvalue weighted by molar-refractivity contribution is 6.82. The van der Waals surface area contributed by atoms with Crippen LogP contribution < -0.4 is 4.74 Å². The number of aromatic nitrogens is 2. The minimum Gasteiger partial charge on any atom is -0.494 e. The Morgan fingerprint density at radius 3 is 2.09 bits per heavy atom. The molecule has 0 unspecified atom stereocenters. The van der Waals surface area contributed by atoms with Crippen LogP contribution in [0.2, 0.25) is 21.6 Å². The predicted octanol–water partition coefficient (Wildman–Crippen LogP) is 5.72. The van der Waals surface area contributed by atoms with E-state index in [0.717, 1.165) is 11.0 Å².